The molecule has 2 aliphatic rings. The molecule has 0 aromatic carbocycles. The molecule has 0 unspecified atom stereocenters. The summed E-state index contributed by atoms with van der Waals surface area (Å²) in [5, 5.41) is 6.26. The van der Waals surface area contributed by atoms with Crippen LogP contribution in [-0.2, 0) is 4.79 Å². The molecule has 2 rings (SSSR count). The molecule has 98 valence electrons. The number of hydrogen-bond acceptors (Lipinski definition) is 2. The van der Waals surface area contributed by atoms with Crippen LogP contribution in [0.15, 0.2) is 0 Å². The number of nitrogens with one attached hydrogen (secondary N) is 2. The first kappa shape index (κ1) is 12.9. The van der Waals surface area contributed by atoms with Gasteiger partial charge in [0.15, 0.2) is 0 Å². The predicted octanol–water partition coefficient (Wildman–Crippen LogP) is 2.07. The van der Waals surface area contributed by atoms with Gasteiger partial charge >= 0.3 is 0 Å². The van der Waals surface area contributed by atoms with Crippen molar-refractivity contribution in [1.29, 1.82) is 0 Å². The van der Waals surface area contributed by atoms with Gasteiger partial charge in [0.1, 0.15) is 0 Å². The van der Waals surface area contributed by atoms with Gasteiger partial charge in [-0.3, -0.25) is 4.79 Å². The van der Waals surface area contributed by atoms with Crippen molar-refractivity contribution in [2.45, 2.75) is 57.9 Å². The van der Waals surface area contributed by atoms with E-state index in [0.29, 0.717) is 12.6 Å². The highest BCUT2D eigenvalue weighted by Crippen LogP contribution is 2.29. The lowest BCUT2D eigenvalue weighted by atomic mass is 9.81. The van der Waals surface area contributed by atoms with Crippen LogP contribution in [0.4, 0.5) is 0 Å². The molecule has 0 aromatic heterocycles. The first-order valence-electron chi connectivity index (χ1n) is 7.24. The average Bonchev–Trinajstić information content (AvgIpc) is 3.11. The predicted molar refractivity (Wildman–Crippen MR) is 69.8 cm³/mol. The largest absolute Gasteiger partial charge is 0.352 e. The van der Waals surface area contributed by atoms with Gasteiger partial charge in [-0.2, -0.15) is 0 Å². The third-order valence-electron chi connectivity index (χ3n) is 4.09. The van der Waals surface area contributed by atoms with Crippen molar-refractivity contribution in [3.05, 3.63) is 0 Å². The van der Waals surface area contributed by atoms with E-state index in [4.69, 9.17) is 0 Å². The maximum Gasteiger partial charge on any atom is 0.234 e. The summed E-state index contributed by atoms with van der Waals surface area (Å²) in [5.41, 5.74) is 0. The second-order valence-electron chi connectivity index (χ2n) is 5.93. The van der Waals surface area contributed by atoms with Crippen LogP contribution in [0.25, 0.3) is 0 Å². The van der Waals surface area contributed by atoms with Crippen LogP contribution >= 0.6 is 0 Å². The normalized spacial score (nSPS) is 29.0. The molecular formula is C14H26N2O. The second kappa shape index (κ2) is 6.39. The number of carbonyl (C=O) groups excluding carboxylic acids is 1. The van der Waals surface area contributed by atoms with Gasteiger partial charge in [0.25, 0.3) is 0 Å². The van der Waals surface area contributed by atoms with Crippen molar-refractivity contribution < 1.29 is 4.79 Å². The molecule has 0 bridgehead atoms. The van der Waals surface area contributed by atoms with E-state index in [9.17, 15) is 4.79 Å². The number of carbonyl (C=O) groups is 1. The fraction of sp³-hybridized carbons (Fsp3) is 0.929. The SMILES string of the molecule is CC1CCC(CCNCC(=O)NC2CC2)CC1. The van der Waals surface area contributed by atoms with E-state index in [0.717, 1.165) is 18.4 Å². The Labute approximate surface area is 105 Å². The maximum atomic E-state index is 11.4. The third kappa shape index (κ3) is 5.07. The topological polar surface area (TPSA) is 41.1 Å². The van der Waals surface area contributed by atoms with E-state index in [1.54, 1.807) is 0 Å². The first-order chi connectivity index (χ1) is 8.24. The molecule has 0 aliphatic heterocycles. The maximum absolute atomic E-state index is 11.4. The number of hydrogen-bond donors (Lipinski definition) is 2. The van der Waals surface area contributed by atoms with Gasteiger partial charge in [0.05, 0.1) is 6.54 Å². The zero-order chi connectivity index (χ0) is 12.1. The Morgan fingerprint density at radius 2 is 1.82 bits per heavy atom. The highest BCUT2D eigenvalue weighted by molar-refractivity contribution is 5.78. The van der Waals surface area contributed by atoms with Gasteiger partial charge in [-0.15, -0.1) is 0 Å². The van der Waals surface area contributed by atoms with E-state index in [1.807, 2.05) is 0 Å². The minimum Gasteiger partial charge on any atom is -0.352 e. The Morgan fingerprint density at radius 1 is 1.12 bits per heavy atom. The Bertz CT molecular complexity index is 243. The second-order valence-corrected chi connectivity index (χ2v) is 5.93. The van der Waals surface area contributed by atoms with Crippen LogP contribution in [0.3, 0.4) is 0 Å². The fourth-order valence-corrected chi connectivity index (χ4v) is 2.63. The Hall–Kier alpha value is -0.570. The van der Waals surface area contributed by atoms with Crippen LogP contribution in [0.2, 0.25) is 0 Å². The molecule has 2 aliphatic carbocycles. The van der Waals surface area contributed by atoms with Crippen LogP contribution in [0.1, 0.15) is 51.9 Å². The van der Waals surface area contributed by atoms with Crippen molar-refractivity contribution in [3.63, 3.8) is 0 Å². The van der Waals surface area contributed by atoms with Crippen LogP contribution in [0.5, 0.6) is 0 Å². The lowest BCUT2D eigenvalue weighted by Gasteiger charge is -2.26. The molecule has 0 heterocycles. The monoisotopic (exact) mass is 238 g/mol. The smallest absolute Gasteiger partial charge is 0.234 e. The van der Waals surface area contributed by atoms with E-state index in [2.05, 4.69) is 17.6 Å². The molecule has 1 amide bonds. The van der Waals surface area contributed by atoms with Crippen molar-refractivity contribution >= 4 is 5.91 Å². The van der Waals surface area contributed by atoms with Crippen molar-refractivity contribution in [3.8, 4) is 0 Å². The molecular weight excluding hydrogens is 212 g/mol. The molecule has 0 saturated heterocycles. The summed E-state index contributed by atoms with van der Waals surface area (Å²) < 4.78 is 0. The van der Waals surface area contributed by atoms with Crippen LogP contribution < -0.4 is 10.6 Å². The van der Waals surface area contributed by atoms with Crippen LogP contribution in [-0.4, -0.2) is 25.0 Å². The van der Waals surface area contributed by atoms with E-state index < -0.39 is 0 Å². The van der Waals surface area contributed by atoms with Crippen molar-refractivity contribution in [2.75, 3.05) is 13.1 Å². The average molecular weight is 238 g/mol. The molecule has 0 radical (unpaired) electrons. The summed E-state index contributed by atoms with van der Waals surface area (Å²) in [7, 11) is 0. The molecule has 2 saturated carbocycles. The molecule has 2 N–H and O–H groups in total. The van der Waals surface area contributed by atoms with E-state index >= 15 is 0 Å². The van der Waals surface area contributed by atoms with E-state index in [1.165, 1.54) is 44.9 Å². The van der Waals surface area contributed by atoms with Gasteiger partial charge in [-0.1, -0.05) is 32.6 Å². The Kier molecular flexibility index (Phi) is 4.84. The summed E-state index contributed by atoms with van der Waals surface area (Å²) in [6.07, 6.45) is 9.15. The van der Waals surface area contributed by atoms with Gasteiger partial charge in [-0.05, 0) is 37.6 Å². The van der Waals surface area contributed by atoms with Gasteiger partial charge < -0.3 is 10.6 Å². The number of amides is 1. The number of rotatable bonds is 6. The van der Waals surface area contributed by atoms with Gasteiger partial charge in [0, 0.05) is 6.04 Å². The van der Waals surface area contributed by atoms with Gasteiger partial charge in [-0.25, -0.2) is 0 Å². The van der Waals surface area contributed by atoms with Crippen molar-refractivity contribution in [1.82, 2.24) is 10.6 Å². The highest BCUT2D eigenvalue weighted by Gasteiger charge is 2.23. The lowest BCUT2D eigenvalue weighted by Crippen LogP contribution is -2.35. The molecule has 3 nitrogen and oxygen atoms in total. The minimum absolute atomic E-state index is 0.171. The molecule has 0 atom stereocenters. The van der Waals surface area contributed by atoms with Crippen molar-refractivity contribution in [2.24, 2.45) is 11.8 Å². The molecule has 2 fully saturated rings. The zero-order valence-corrected chi connectivity index (χ0v) is 11.0. The fourth-order valence-electron chi connectivity index (χ4n) is 2.63. The van der Waals surface area contributed by atoms with E-state index in [-0.39, 0.29) is 5.91 Å². The minimum atomic E-state index is 0.171. The molecule has 17 heavy (non-hydrogen) atoms. The third-order valence-corrected chi connectivity index (χ3v) is 4.09. The van der Waals surface area contributed by atoms with Gasteiger partial charge in [0.2, 0.25) is 5.91 Å². The quantitative estimate of drug-likeness (QED) is 0.696. The Morgan fingerprint density at radius 3 is 2.47 bits per heavy atom. The summed E-state index contributed by atoms with van der Waals surface area (Å²) in [6.45, 7) is 3.85. The first-order valence-corrected chi connectivity index (χ1v) is 7.24. The lowest BCUT2D eigenvalue weighted by molar-refractivity contribution is -0.120. The summed E-state index contributed by atoms with van der Waals surface area (Å²) >= 11 is 0. The summed E-state index contributed by atoms with van der Waals surface area (Å²) in [4.78, 5) is 11.4. The summed E-state index contributed by atoms with van der Waals surface area (Å²) in [5.74, 6) is 2.00. The Balaban J connectivity index is 1.46. The molecule has 0 spiro atoms. The summed E-state index contributed by atoms with van der Waals surface area (Å²) in [6, 6.07) is 0.490. The standard InChI is InChI=1S/C14H26N2O/c1-11-2-4-12(5-3-11)8-9-15-10-14(17)16-13-6-7-13/h11-13,15H,2-10H2,1H3,(H,16,17). The molecule has 0 aromatic rings. The zero-order valence-electron chi connectivity index (χ0n) is 11.0. The highest BCUT2D eigenvalue weighted by atomic mass is 16.2. The van der Waals surface area contributed by atoms with Crippen LogP contribution in [0, 0.1) is 11.8 Å². The molecule has 3 heteroatoms.